The molecule has 10 rings (SSSR count). The van der Waals surface area contributed by atoms with Crippen molar-refractivity contribution in [2.24, 2.45) is 22.2 Å². The molecule has 3 aliphatic carbocycles. The summed E-state index contributed by atoms with van der Waals surface area (Å²) in [6.45, 7) is 0. The minimum Gasteiger partial charge on any atom is -0.459 e. The Morgan fingerprint density at radius 3 is 2.67 bits per heavy atom. The Bertz CT molecular complexity index is 1980. The smallest absolute Gasteiger partial charge is 0.230 e. The second-order valence-electron chi connectivity index (χ2n) is 13.3. The van der Waals surface area contributed by atoms with Crippen LogP contribution in [0.4, 0.5) is 11.4 Å². The topological polar surface area (TPSA) is 37.7 Å². The molecule has 3 fully saturated rings. The van der Waals surface area contributed by atoms with E-state index in [1.54, 1.807) is 0 Å². The summed E-state index contributed by atoms with van der Waals surface area (Å²) in [5.41, 5.74) is 6.78. The molecule has 5 atom stereocenters. The number of ether oxygens (including phenoxy) is 1. The third-order valence-electron chi connectivity index (χ3n) is 12.0. The van der Waals surface area contributed by atoms with Crippen LogP contribution in [0.3, 0.4) is 0 Å². The molecule has 0 N–H and O–H groups in total. The summed E-state index contributed by atoms with van der Waals surface area (Å²) in [5.74, 6) is 2.28. The van der Waals surface area contributed by atoms with Crippen molar-refractivity contribution in [2.75, 3.05) is 11.9 Å². The van der Waals surface area contributed by atoms with Gasteiger partial charge in [0.2, 0.25) is 5.72 Å². The molecule has 3 heterocycles. The predicted octanol–water partition coefficient (Wildman–Crippen LogP) is 8.83. The molecule has 3 spiro atoms. The molecule has 4 nitrogen and oxygen atoms in total. The molecule has 0 amide bonds. The maximum atomic E-state index is 7.61. The van der Waals surface area contributed by atoms with Gasteiger partial charge in [0.25, 0.3) is 0 Å². The number of anilines is 1. The number of aromatic nitrogens is 1. The lowest BCUT2D eigenvalue weighted by molar-refractivity contribution is 0.0831. The molecule has 5 aromatic rings. The summed E-state index contributed by atoms with van der Waals surface area (Å²) in [5, 5.41) is 3.40. The predicted molar refractivity (Wildman–Crippen MR) is 170 cm³/mol. The van der Waals surface area contributed by atoms with Gasteiger partial charge in [0.15, 0.2) is 5.75 Å². The molecule has 5 unspecified atom stereocenters. The highest BCUT2D eigenvalue weighted by Crippen LogP contribution is 2.87. The van der Waals surface area contributed by atoms with E-state index in [0.717, 1.165) is 39.0 Å². The summed E-state index contributed by atoms with van der Waals surface area (Å²) < 4.78 is 7.61. The molecule has 2 aliphatic heterocycles. The van der Waals surface area contributed by atoms with E-state index in [2.05, 4.69) is 102 Å². The highest BCUT2D eigenvalue weighted by atomic mass is 16.5. The van der Waals surface area contributed by atoms with Crippen LogP contribution in [0.2, 0.25) is 0 Å². The zero-order chi connectivity index (χ0) is 27.7. The minimum atomic E-state index is -0.659. The largest absolute Gasteiger partial charge is 0.459 e. The van der Waals surface area contributed by atoms with Crippen LogP contribution in [-0.4, -0.2) is 24.0 Å². The molecule has 4 heteroatoms. The molecule has 206 valence electrons. The van der Waals surface area contributed by atoms with Crippen molar-refractivity contribution in [3.05, 3.63) is 96.7 Å². The number of likely N-dealkylation sites (N-methyl/N-ethyl adjacent to an activating group) is 1. The van der Waals surface area contributed by atoms with Gasteiger partial charge in [-0.25, -0.2) is 0 Å². The Morgan fingerprint density at radius 1 is 0.833 bits per heavy atom. The molecule has 1 aromatic heterocycles. The fourth-order valence-corrected chi connectivity index (χ4v) is 10.5. The van der Waals surface area contributed by atoms with E-state index >= 15 is 0 Å². The van der Waals surface area contributed by atoms with Gasteiger partial charge in [-0.3, -0.25) is 9.98 Å². The number of pyridine rings is 1. The first-order valence-corrected chi connectivity index (χ1v) is 15.7. The minimum absolute atomic E-state index is 0.117. The molecule has 4 aromatic carbocycles. The zero-order valence-corrected chi connectivity index (χ0v) is 23.9. The standard InChI is InChI=1S/C38H33N3O/c1-41-33-17-15-25(24-8-3-2-4-9-24)21-30(33)38(34-13-5-11-28-12-6-18-36(28,34)38)37(41)23-40-31-16-14-26-22-32-27(10-7-19-39-32)20-29(26)35(31)42-37/h2-4,7-10,14-17,19-23,28,34H,5-6,11-13,18H2,1H3. The molecule has 42 heavy (non-hydrogen) atoms. The SMILES string of the molecule is CN1c2ccc(-c3ccccc3)cc2C2(C3CCCC4CCCC432)C12C=Nc1ccc3cc4ncccc4cc3c1O2. The number of hydrogen-bond acceptors (Lipinski definition) is 4. The van der Waals surface area contributed by atoms with E-state index in [-0.39, 0.29) is 10.8 Å². The van der Waals surface area contributed by atoms with Gasteiger partial charge >= 0.3 is 0 Å². The summed E-state index contributed by atoms with van der Waals surface area (Å²) in [4.78, 5) is 12.3. The third kappa shape index (κ3) is 2.54. The molecule has 0 saturated heterocycles. The van der Waals surface area contributed by atoms with Crippen LogP contribution in [0.1, 0.15) is 44.1 Å². The molecule has 3 saturated carbocycles. The Morgan fingerprint density at radius 2 is 1.74 bits per heavy atom. The Balaban J connectivity index is 1.23. The maximum Gasteiger partial charge on any atom is 0.230 e. The average molecular weight is 548 g/mol. The first kappa shape index (κ1) is 23.4. The van der Waals surface area contributed by atoms with Gasteiger partial charge in [-0.15, -0.1) is 0 Å². The van der Waals surface area contributed by atoms with Crippen molar-refractivity contribution in [3.8, 4) is 16.9 Å². The molecule has 0 bridgehead atoms. The van der Waals surface area contributed by atoms with Crippen molar-refractivity contribution >= 4 is 39.3 Å². The van der Waals surface area contributed by atoms with Gasteiger partial charge in [-0.1, -0.05) is 61.4 Å². The van der Waals surface area contributed by atoms with Crippen molar-refractivity contribution in [2.45, 2.75) is 49.7 Å². The number of hydrogen-bond donors (Lipinski definition) is 0. The van der Waals surface area contributed by atoms with Crippen LogP contribution in [0.15, 0.2) is 96.1 Å². The van der Waals surface area contributed by atoms with Crippen molar-refractivity contribution in [1.29, 1.82) is 0 Å². The monoisotopic (exact) mass is 547 g/mol. The highest BCUT2D eigenvalue weighted by molar-refractivity contribution is 6.04. The normalized spacial score (nSPS) is 31.7. The van der Waals surface area contributed by atoms with E-state index in [1.165, 1.54) is 60.9 Å². The quantitative estimate of drug-likeness (QED) is 0.197. The van der Waals surface area contributed by atoms with Gasteiger partial charge in [0, 0.05) is 29.7 Å². The van der Waals surface area contributed by atoms with E-state index in [9.17, 15) is 0 Å². The van der Waals surface area contributed by atoms with Gasteiger partial charge in [-0.05, 0) is 101 Å². The maximum absolute atomic E-state index is 7.61. The van der Waals surface area contributed by atoms with Crippen LogP contribution in [0.25, 0.3) is 32.8 Å². The lowest BCUT2D eigenvalue weighted by Crippen LogP contribution is -2.60. The van der Waals surface area contributed by atoms with Crippen molar-refractivity contribution in [3.63, 3.8) is 0 Å². The molecular formula is C38H33N3O. The Kier molecular flexibility index (Phi) is 4.34. The van der Waals surface area contributed by atoms with Gasteiger partial charge < -0.3 is 9.64 Å². The van der Waals surface area contributed by atoms with Crippen LogP contribution >= 0.6 is 0 Å². The summed E-state index contributed by atoms with van der Waals surface area (Å²) in [7, 11) is 2.25. The number of rotatable bonds is 1. The first-order valence-electron chi connectivity index (χ1n) is 15.7. The van der Waals surface area contributed by atoms with Crippen LogP contribution < -0.4 is 9.64 Å². The average Bonchev–Trinajstić information content (AvgIpc) is 3.31. The van der Waals surface area contributed by atoms with E-state index in [0.29, 0.717) is 5.92 Å². The fraction of sp³-hybridized carbons (Fsp3) is 0.316. The van der Waals surface area contributed by atoms with E-state index in [4.69, 9.17) is 9.73 Å². The summed E-state index contributed by atoms with van der Waals surface area (Å²) in [6.07, 6.45) is 12.0. The van der Waals surface area contributed by atoms with Crippen LogP contribution in [0, 0.1) is 17.3 Å². The zero-order valence-electron chi connectivity index (χ0n) is 23.9. The fourth-order valence-electron chi connectivity index (χ4n) is 10.5. The third-order valence-corrected chi connectivity index (χ3v) is 12.0. The number of benzene rings is 4. The lowest BCUT2D eigenvalue weighted by atomic mass is 9.73. The summed E-state index contributed by atoms with van der Waals surface area (Å²) >= 11 is 0. The number of aliphatic imine (C=N–C) groups is 1. The van der Waals surface area contributed by atoms with Crippen molar-refractivity contribution in [1.82, 2.24) is 4.98 Å². The molecule has 0 radical (unpaired) electrons. The first-order chi connectivity index (χ1) is 20.7. The Labute approximate surface area is 246 Å². The number of fused-ring (bicyclic) bond motifs is 8. The summed E-state index contributed by atoms with van der Waals surface area (Å²) in [6, 6.07) is 30.9. The van der Waals surface area contributed by atoms with Crippen LogP contribution in [-0.2, 0) is 5.41 Å². The van der Waals surface area contributed by atoms with Gasteiger partial charge in [0.05, 0.1) is 17.1 Å². The van der Waals surface area contributed by atoms with Crippen LogP contribution in [0.5, 0.6) is 5.75 Å². The second kappa shape index (κ2) is 7.80. The number of nitrogens with zero attached hydrogens (tertiary/aromatic N) is 3. The Hall–Kier alpha value is -4.18. The van der Waals surface area contributed by atoms with Gasteiger partial charge in [-0.2, -0.15) is 0 Å². The lowest BCUT2D eigenvalue weighted by Gasteiger charge is -2.44. The molecule has 5 aliphatic rings. The van der Waals surface area contributed by atoms with E-state index < -0.39 is 5.72 Å². The van der Waals surface area contributed by atoms with E-state index in [1.807, 2.05) is 12.3 Å². The highest BCUT2D eigenvalue weighted by Gasteiger charge is 2.90. The van der Waals surface area contributed by atoms with Gasteiger partial charge in [0.1, 0.15) is 5.69 Å². The second-order valence-corrected chi connectivity index (χ2v) is 13.3. The van der Waals surface area contributed by atoms with Crippen molar-refractivity contribution < 1.29 is 4.74 Å². The molecular weight excluding hydrogens is 514 g/mol.